The first-order valence-electron chi connectivity index (χ1n) is 12.5. The first-order valence-corrected chi connectivity index (χ1v) is 12.9. The Balaban J connectivity index is 1.61. The van der Waals surface area contributed by atoms with Crippen molar-refractivity contribution in [2.24, 2.45) is 11.7 Å². The van der Waals surface area contributed by atoms with Gasteiger partial charge in [0.25, 0.3) is 0 Å². The zero-order chi connectivity index (χ0) is 26.1. The average molecular weight is 525 g/mol. The van der Waals surface area contributed by atoms with Gasteiger partial charge in [0.05, 0.1) is 22.7 Å². The molecule has 0 aromatic heterocycles. The second kappa shape index (κ2) is 8.79. The number of amides is 1. The van der Waals surface area contributed by atoms with Gasteiger partial charge in [-0.2, -0.15) is 0 Å². The molecule has 3 aliphatic rings. The number of nitrogens with one attached hydrogen (secondary N) is 1. The van der Waals surface area contributed by atoms with Crippen LogP contribution in [0.5, 0.6) is 5.75 Å². The van der Waals surface area contributed by atoms with Gasteiger partial charge in [-0.25, -0.2) is 8.78 Å². The molecule has 0 bridgehead atoms. The SMILES string of the molecule is CC1Cc2cc(C(N)=O)c(-c3c(Cl)c(F)cc4c3C[C@](c3ccccc3)([C@@H]3CCCN3)O4)c(F)c2C1O. The van der Waals surface area contributed by atoms with Crippen molar-refractivity contribution in [2.75, 3.05) is 6.54 Å². The van der Waals surface area contributed by atoms with E-state index in [9.17, 15) is 9.90 Å². The van der Waals surface area contributed by atoms with E-state index in [1.807, 2.05) is 30.3 Å². The number of rotatable bonds is 4. The molecule has 1 amide bonds. The van der Waals surface area contributed by atoms with Crippen LogP contribution in [0.1, 0.15) is 58.5 Å². The third-order valence-electron chi connectivity index (χ3n) is 8.19. The number of hydrogen-bond acceptors (Lipinski definition) is 4. The van der Waals surface area contributed by atoms with Crippen LogP contribution in [0.4, 0.5) is 8.78 Å². The van der Waals surface area contributed by atoms with E-state index in [2.05, 4.69) is 5.32 Å². The molecule has 192 valence electrons. The number of ether oxygens (including phenoxy) is 1. The first kappa shape index (κ1) is 24.3. The van der Waals surface area contributed by atoms with Gasteiger partial charge in [0.2, 0.25) is 5.91 Å². The van der Waals surface area contributed by atoms with Gasteiger partial charge >= 0.3 is 0 Å². The minimum Gasteiger partial charge on any atom is -0.480 e. The van der Waals surface area contributed by atoms with Crippen LogP contribution < -0.4 is 15.8 Å². The Morgan fingerprint density at radius 1 is 1.22 bits per heavy atom. The van der Waals surface area contributed by atoms with Gasteiger partial charge in [-0.05, 0) is 48.9 Å². The number of aliphatic hydroxyl groups excluding tert-OH is 1. The summed E-state index contributed by atoms with van der Waals surface area (Å²) in [6.07, 6.45) is 1.43. The molecule has 4 atom stereocenters. The molecule has 3 aromatic rings. The van der Waals surface area contributed by atoms with Crippen molar-refractivity contribution in [3.05, 3.63) is 86.9 Å². The molecule has 0 radical (unpaired) electrons. The van der Waals surface area contributed by atoms with Gasteiger partial charge < -0.3 is 20.9 Å². The fraction of sp³-hybridized carbons (Fsp3) is 0.345. The molecule has 1 saturated heterocycles. The van der Waals surface area contributed by atoms with Crippen molar-refractivity contribution >= 4 is 17.5 Å². The van der Waals surface area contributed by atoms with Crippen molar-refractivity contribution in [2.45, 2.75) is 50.4 Å². The van der Waals surface area contributed by atoms with Gasteiger partial charge in [-0.3, -0.25) is 4.79 Å². The van der Waals surface area contributed by atoms with E-state index in [1.54, 1.807) is 6.92 Å². The topological polar surface area (TPSA) is 84.6 Å². The molecular formula is C29H27ClF2N2O3. The lowest BCUT2D eigenvalue weighted by Gasteiger charge is -2.35. The zero-order valence-corrected chi connectivity index (χ0v) is 21.0. The molecule has 5 nitrogen and oxygen atoms in total. The highest BCUT2D eigenvalue weighted by molar-refractivity contribution is 6.34. The molecule has 2 heterocycles. The van der Waals surface area contributed by atoms with Crippen LogP contribution in [-0.4, -0.2) is 23.6 Å². The lowest BCUT2D eigenvalue weighted by Crippen LogP contribution is -2.48. The van der Waals surface area contributed by atoms with E-state index in [-0.39, 0.29) is 51.4 Å². The van der Waals surface area contributed by atoms with E-state index in [4.69, 9.17) is 22.1 Å². The normalized spacial score (nSPS) is 26.1. The third kappa shape index (κ3) is 3.59. The summed E-state index contributed by atoms with van der Waals surface area (Å²) in [4.78, 5) is 12.6. The monoisotopic (exact) mass is 524 g/mol. The largest absolute Gasteiger partial charge is 0.480 e. The van der Waals surface area contributed by atoms with Gasteiger partial charge in [0.15, 0.2) is 5.60 Å². The minimum atomic E-state index is -1.06. The van der Waals surface area contributed by atoms with E-state index in [0.717, 1.165) is 24.9 Å². The summed E-state index contributed by atoms with van der Waals surface area (Å²) in [6.45, 7) is 2.62. The molecule has 0 spiro atoms. The summed E-state index contributed by atoms with van der Waals surface area (Å²) in [5, 5.41) is 13.9. The number of primary amides is 1. The Hall–Kier alpha value is -3.00. The number of halogens is 3. The third-order valence-corrected chi connectivity index (χ3v) is 8.55. The van der Waals surface area contributed by atoms with Crippen molar-refractivity contribution in [1.82, 2.24) is 5.32 Å². The average Bonchev–Trinajstić information content (AvgIpc) is 3.60. The smallest absolute Gasteiger partial charge is 0.249 e. The molecule has 1 fully saturated rings. The van der Waals surface area contributed by atoms with E-state index >= 15 is 8.78 Å². The van der Waals surface area contributed by atoms with E-state index < -0.39 is 29.2 Å². The van der Waals surface area contributed by atoms with Gasteiger partial charge in [0.1, 0.15) is 17.4 Å². The highest BCUT2D eigenvalue weighted by Crippen LogP contribution is 2.53. The van der Waals surface area contributed by atoms with Crippen molar-refractivity contribution in [1.29, 1.82) is 0 Å². The molecule has 2 aliphatic heterocycles. The summed E-state index contributed by atoms with van der Waals surface area (Å²) < 4.78 is 38.2. The summed E-state index contributed by atoms with van der Waals surface area (Å²) in [7, 11) is 0. The predicted molar refractivity (Wildman–Crippen MR) is 137 cm³/mol. The Morgan fingerprint density at radius 2 is 1.97 bits per heavy atom. The Morgan fingerprint density at radius 3 is 2.65 bits per heavy atom. The molecule has 4 N–H and O–H groups in total. The van der Waals surface area contributed by atoms with Crippen LogP contribution in [0, 0.1) is 17.6 Å². The van der Waals surface area contributed by atoms with Crippen LogP contribution in [0.2, 0.25) is 5.02 Å². The van der Waals surface area contributed by atoms with Crippen LogP contribution in [0.25, 0.3) is 11.1 Å². The number of benzene rings is 3. The Bertz CT molecular complexity index is 1420. The molecule has 8 heteroatoms. The number of fused-ring (bicyclic) bond motifs is 2. The fourth-order valence-corrected chi connectivity index (χ4v) is 6.67. The van der Waals surface area contributed by atoms with Crippen molar-refractivity contribution < 1.29 is 23.4 Å². The summed E-state index contributed by atoms with van der Waals surface area (Å²) >= 11 is 6.55. The molecule has 1 aliphatic carbocycles. The molecular weight excluding hydrogens is 498 g/mol. The maximum absolute atomic E-state index is 16.3. The predicted octanol–water partition coefficient (Wildman–Crippen LogP) is 5.19. The maximum Gasteiger partial charge on any atom is 0.249 e. The number of aliphatic hydroxyl groups is 1. The summed E-state index contributed by atoms with van der Waals surface area (Å²) in [5.74, 6) is -2.43. The summed E-state index contributed by atoms with van der Waals surface area (Å²) in [6, 6.07) is 12.3. The first-order chi connectivity index (χ1) is 17.7. The van der Waals surface area contributed by atoms with Gasteiger partial charge in [-0.1, -0.05) is 48.9 Å². The van der Waals surface area contributed by atoms with E-state index in [1.165, 1.54) is 12.1 Å². The van der Waals surface area contributed by atoms with Gasteiger partial charge in [-0.15, -0.1) is 0 Å². The molecule has 3 aromatic carbocycles. The summed E-state index contributed by atoms with van der Waals surface area (Å²) in [5.41, 5.74) is 6.64. The van der Waals surface area contributed by atoms with Crippen molar-refractivity contribution in [3.63, 3.8) is 0 Å². The molecule has 6 rings (SSSR count). The highest BCUT2D eigenvalue weighted by atomic mass is 35.5. The number of carbonyl (C=O) groups is 1. The molecule has 2 unspecified atom stereocenters. The molecule has 37 heavy (non-hydrogen) atoms. The minimum absolute atomic E-state index is 0.0494. The van der Waals surface area contributed by atoms with Gasteiger partial charge in [0, 0.05) is 34.7 Å². The van der Waals surface area contributed by atoms with Crippen LogP contribution in [0.15, 0.2) is 42.5 Å². The van der Waals surface area contributed by atoms with Crippen molar-refractivity contribution in [3.8, 4) is 16.9 Å². The Kier molecular flexibility index (Phi) is 5.78. The fourth-order valence-electron chi connectivity index (χ4n) is 6.41. The second-order valence-electron chi connectivity index (χ2n) is 10.4. The number of nitrogens with two attached hydrogens (primary N) is 1. The second-order valence-corrected chi connectivity index (χ2v) is 10.8. The zero-order valence-electron chi connectivity index (χ0n) is 20.3. The van der Waals surface area contributed by atoms with Crippen LogP contribution in [-0.2, 0) is 18.4 Å². The lowest BCUT2D eigenvalue weighted by molar-refractivity contribution is 0.0539. The quantitative estimate of drug-likeness (QED) is 0.438. The Labute approximate surface area is 218 Å². The lowest BCUT2D eigenvalue weighted by atomic mass is 9.80. The van der Waals surface area contributed by atoms with Crippen LogP contribution >= 0.6 is 11.6 Å². The standard InChI is InChI=1S/C29H27ClF2N2O3/c1-14-10-15-11-17(28(33)36)24(26(32)22(15)27(14)35)23-18-13-29(21-8-5-9-34-21,16-6-3-2-4-7-16)37-20(18)12-19(31)25(23)30/h2-4,6-7,11-12,14,21,27,34-35H,5,8-10,13H2,1H3,(H2,33,36)/t14?,21-,27?,29-/m0/s1. The highest BCUT2D eigenvalue weighted by Gasteiger charge is 2.50. The number of carbonyl (C=O) groups excluding carboxylic acids is 1. The van der Waals surface area contributed by atoms with E-state index in [0.29, 0.717) is 17.5 Å². The maximum atomic E-state index is 16.3. The number of hydrogen-bond donors (Lipinski definition) is 3. The van der Waals surface area contributed by atoms with Crippen LogP contribution in [0.3, 0.4) is 0 Å². The molecule has 0 saturated carbocycles.